The summed E-state index contributed by atoms with van der Waals surface area (Å²) in [6.45, 7) is 4.43. The summed E-state index contributed by atoms with van der Waals surface area (Å²) in [6.07, 6.45) is 0.922. The minimum absolute atomic E-state index is 0.0886. The summed E-state index contributed by atoms with van der Waals surface area (Å²) in [5, 5.41) is 5.64. The van der Waals surface area contributed by atoms with E-state index in [1.165, 1.54) is 0 Å². The predicted octanol–water partition coefficient (Wildman–Crippen LogP) is 1.60. The van der Waals surface area contributed by atoms with Crippen molar-refractivity contribution in [3.8, 4) is 5.75 Å². The van der Waals surface area contributed by atoms with E-state index >= 15 is 0 Å². The molecule has 0 spiro atoms. The lowest BCUT2D eigenvalue weighted by molar-refractivity contribution is -0.121. The average Bonchev–Trinajstić information content (AvgIpc) is 2.38. The van der Waals surface area contributed by atoms with Crippen LogP contribution in [0.2, 0.25) is 0 Å². The van der Waals surface area contributed by atoms with Gasteiger partial charge in [0.2, 0.25) is 5.91 Å². The van der Waals surface area contributed by atoms with Gasteiger partial charge in [0, 0.05) is 7.05 Å². The van der Waals surface area contributed by atoms with Gasteiger partial charge in [-0.15, -0.1) is 0 Å². The monoisotopic (exact) mass is 251 g/mol. The summed E-state index contributed by atoms with van der Waals surface area (Å²) in [5.41, 5.74) is 7.23. The molecular formula is C13H21N3O2. The third-order valence-electron chi connectivity index (χ3n) is 2.54. The molecule has 0 aliphatic heterocycles. The Balaban J connectivity index is 2.80. The maximum atomic E-state index is 11.4. The van der Waals surface area contributed by atoms with Crippen molar-refractivity contribution in [3.05, 3.63) is 18.2 Å². The van der Waals surface area contributed by atoms with Gasteiger partial charge in [-0.25, -0.2) is 0 Å². The molecule has 1 rings (SSSR count). The van der Waals surface area contributed by atoms with E-state index < -0.39 is 0 Å². The Hall–Kier alpha value is -1.91. The molecule has 1 atom stereocenters. The van der Waals surface area contributed by atoms with E-state index in [2.05, 4.69) is 10.6 Å². The van der Waals surface area contributed by atoms with Gasteiger partial charge in [0.25, 0.3) is 0 Å². The molecule has 0 radical (unpaired) electrons. The van der Waals surface area contributed by atoms with Crippen molar-refractivity contribution in [2.45, 2.75) is 26.3 Å². The number of rotatable bonds is 6. The molecule has 0 fully saturated rings. The molecule has 0 heterocycles. The zero-order valence-corrected chi connectivity index (χ0v) is 11.1. The summed E-state index contributed by atoms with van der Waals surface area (Å²) in [5.74, 6) is 0.556. The Kier molecular flexibility index (Phi) is 5.30. The fourth-order valence-electron chi connectivity index (χ4n) is 1.52. The van der Waals surface area contributed by atoms with Gasteiger partial charge in [-0.05, 0) is 25.5 Å². The lowest BCUT2D eigenvalue weighted by atomic mass is 10.2. The Bertz CT molecular complexity index is 407. The van der Waals surface area contributed by atoms with E-state index in [9.17, 15) is 4.79 Å². The number of nitrogens with two attached hydrogens (primary N) is 1. The molecule has 0 bridgehead atoms. The molecule has 4 N–H and O–H groups in total. The number of nitrogen functional groups attached to an aromatic ring is 1. The van der Waals surface area contributed by atoms with Gasteiger partial charge in [-0.1, -0.05) is 13.0 Å². The minimum atomic E-state index is -0.348. The first-order chi connectivity index (χ1) is 8.60. The van der Waals surface area contributed by atoms with Crippen LogP contribution in [-0.2, 0) is 4.79 Å². The molecule has 5 nitrogen and oxygen atoms in total. The fraction of sp³-hybridized carbons (Fsp3) is 0.462. The van der Waals surface area contributed by atoms with E-state index in [-0.39, 0.29) is 11.9 Å². The first kappa shape index (κ1) is 14.2. The molecule has 5 heteroatoms. The Morgan fingerprint density at radius 3 is 2.83 bits per heavy atom. The average molecular weight is 251 g/mol. The molecule has 0 saturated heterocycles. The number of carbonyl (C=O) groups excluding carboxylic acids is 1. The molecule has 1 unspecified atom stereocenters. The fourth-order valence-corrected chi connectivity index (χ4v) is 1.52. The third kappa shape index (κ3) is 3.55. The summed E-state index contributed by atoms with van der Waals surface area (Å²) >= 11 is 0. The van der Waals surface area contributed by atoms with E-state index in [4.69, 9.17) is 10.5 Å². The SMILES string of the molecule is CCCOc1cccc(NC(C)C(=O)NC)c1N. The Labute approximate surface area is 108 Å². The highest BCUT2D eigenvalue weighted by Crippen LogP contribution is 2.29. The third-order valence-corrected chi connectivity index (χ3v) is 2.54. The highest BCUT2D eigenvalue weighted by atomic mass is 16.5. The number of para-hydroxylation sites is 1. The van der Waals surface area contributed by atoms with Crippen LogP contribution in [0, 0.1) is 0 Å². The number of hydrogen-bond acceptors (Lipinski definition) is 4. The first-order valence-corrected chi connectivity index (χ1v) is 6.09. The first-order valence-electron chi connectivity index (χ1n) is 6.09. The van der Waals surface area contributed by atoms with Crippen molar-refractivity contribution in [1.29, 1.82) is 0 Å². The summed E-state index contributed by atoms with van der Waals surface area (Å²) < 4.78 is 5.53. The molecule has 0 saturated carbocycles. The predicted molar refractivity (Wildman–Crippen MR) is 73.8 cm³/mol. The standard InChI is InChI=1S/C13H21N3O2/c1-4-8-18-11-7-5-6-10(12(11)14)16-9(2)13(17)15-3/h5-7,9,16H,4,8,14H2,1-3H3,(H,15,17). The molecule has 0 aliphatic carbocycles. The quantitative estimate of drug-likeness (QED) is 0.671. The van der Waals surface area contributed by atoms with Gasteiger partial charge >= 0.3 is 0 Å². The molecule has 1 aromatic carbocycles. The van der Waals surface area contributed by atoms with E-state index in [0.29, 0.717) is 23.7 Å². The molecule has 1 aromatic rings. The number of nitrogens with one attached hydrogen (secondary N) is 2. The van der Waals surface area contributed by atoms with Crippen LogP contribution < -0.4 is 21.1 Å². The van der Waals surface area contributed by atoms with Crippen molar-refractivity contribution in [2.75, 3.05) is 24.7 Å². The lowest BCUT2D eigenvalue weighted by Gasteiger charge is -2.17. The second-order valence-electron chi connectivity index (χ2n) is 4.05. The van der Waals surface area contributed by atoms with Crippen LogP contribution >= 0.6 is 0 Å². The highest BCUT2D eigenvalue weighted by Gasteiger charge is 2.13. The topological polar surface area (TPSA) is 76.4 Å². The number of likely N-dealkylation sites (N-methyl/N-ethyl adjacent to an activating group) is 1. The second-order valence-corrected chi connectivity index (χ2v) is 4.05. The molecule has 0 aromatic heterocycles. The zero-order chi connectivity index (χ0) is 13.5. The van der Waals surface area contributed by atoms with Crippen LogP contribution in [-0.4, -0.2) is 25.6 Å². The maximum absolute atomic E-state index is 11.4. The van der Waals surface area contributed by atoms with Gasteiger partial charge in [-0.2, -0.15) is 0 Å². The maximum Gasteiger partial charge on any atom is 0.241 e. The smallest absolute Gasteiger partial charge is 0.241 e. The second kappa shape index (κ2) is 6.74. The molecule has 0 aliphatic rings. The van der Waals surface area contributed by atoms with Crippen LogP contribution in [0.15, 0.2) is 18.2 Å². The van der Waals surface area contributed by atoms with E-state index in [0.717, 1.165) is 6.42 Å². The molecular weight excluding hydrogens is 230 g/mol. The Morgan fingerprint density at radius 1 is 1.50 bits per heavy atom. The largest absolute Gasteiger partial charge is 0.491 e. The van der Waals surface area contributed by atoms with Crippen LogP contribution in [0.4, 0.5) is 11.4 Å². The van der Waals surface area contributed by atoms with Gasteiger partial charge in [-0.3, -0.25) is 4.79 Å². The minimum Gasteiger partial charge on any atom is -0.491 e. The van der Waals surface area contributed by atoms with Crippen LogP contribution in [0.1, 0.15) is 20.3 Å². The van der Waals surface area contributed by atoms with Gasteiger partial charge in [0.05, 0.1) is 18.0 Å². The number of hydrogen-bond donors (Lipinski definition) is 3. The van der Waals surface area contributed by atoms with Gasteiger partial charge in [0.15, 0.2) is 0 Å². The van der Waals surface area contributed by atoms with Crippen molar-refractivity contribution in [3.63, 3.8) is 0 Å². The van der Waals surface area contributed by atoms with E-state index in [1.54, 1.807) is 14.0 Å². The summed E-state index contributed by atoms with van der Waals surface area (Å²) in [7, 11) is 1.60. The van der Waals surface area contributed by atoms with Crippen LogP contribution in [0.3, 0.4) is 0 Å². The van der Waals surface area contributed by atoms with Crippen LogP contribution in [0.5, 0.6) is 5.75 Å². The summed E-state index contributed by atoms with van der Waals surface area (Å²) in [6, 6.07) is 5.15. The van der Waals surface area contributed by atoms with Crippen molar-refractivity contribution >= 4 is 17.3 Å². The van der Waals surface area contributed by atoms with Crippen molar-refractivity contribution in [1.82, 2.24) is 5.32 Å². The molecule has 1 amide bonds. The number of ether oxygens (including phenoxy) is 1. The zero-order valence-electron chi connectivity index (χ0n) is 11.1. The van der Waals surface area contributed by atoms with Crippen molar-refractivity contribution in [2.24, 2.45) is 0 Å². The lowest BCUT2D eigenvalue weighted by Crippen LogP contribution is -2.35. The number of anilines is 2. The highest BCUT2D eigenvalue weighted by molar-refractivity contribution is 5.86. The molecule has 18 heavy (non-hydrogen) atoms. The number of carbonyl (C=O) groups is 1. The van der Waals surface area contributed by atoms with Gasteiger partial charge < -0.3 is 21.1 Å². The summed E-state index contributed by atoms with van der Waals surface area (Å²) in [4.78, 5) is 11.4. The van der Waals surface area contributed by atoms with Crippen LogP contribution in [0.25, 0.3) is 0 Å². The normalized spacial score (nSPS) is 11.7. The van der Waals surface area contributed by atoms with Gasteiger partial charge in [0.1, 0.15) is 11.8 Å². The number of benzene rings is 1. The molecule has 100 valence electrons. The van der Waals surface area contributed by atoms with E-state index in [1.807, 2.05) is 25.1 Å². The number of amides is 1. The Morgan fingerprint density at radius 2 is 2.22 bits per heavy atom. The van der Waals surface area contributed by atoms with Crippen molar-refractivity contribution < 1.29 is 9.53 Å².